The Bertz CT molecular complexity index is 504. The number of aliphatic hydroxyl groups is 1. The lowest BCUT2D eigenvalue weighted by atomic mass is 9.90. The first kappa shape index (κ1) is 17.6. The Balaban J connectivity index is 2.69. The van der Waals surface area contributed by atoms with Gasteiger partial charge in [0, 0.05) is 24.2 Å². The van der Waals surface area contributed by atoms with Gasteiger partial charge in [-0.3, -0.25) is 0 Å². The van der Waals surface area contributed by atoms with Crippen molar-refractivity contribution in [3.05, 3.63) is 22.7 Å². The average molecular weight is 315 g/mol. The molecule has 1 rings (SSSR count). The van der Waals surface area contributed by atoms with Crippen LogP contribution in [0.25, 0.3) is 0 Å². The molecular weight excluding hydrogens is 292 g/mol. The molecule has 6 heteroatoms. The van der Waals surface area contributed by atoms with E-state index in [0.717, 1.165) is 5.56 Å². The Morgan fingerprint density at radius 2 is 2.10 bits per heavy atom. The number of rotatable bonds is 6. The Morgan fingerprint density at radius 3 is 2.67 bits per heavy atom. The minimum atomic E-state index is -0.318. The molecule has 0 atom stereocenters. The summed E-state index contributed by atoms with van der Waals surface area (Å²) in [6, 6.07) is 3.11. The van der Waals surface area contributed by atoms with Gasteiger partial charge in [0.25, 0.3) is 0 Å². The number of nitrogens with one attached hydrogen (secondary N) is 2. The van der Waals surface area contributed by atoms with Crippen molar-refractivity contribution in [2.75, 3.05) is 25.6 Å². The monoisotopic (exact) mass is 314 g/mol. The number of anilines is 1. The largest absolute Gasteiger partial charge is 0.495 e. The first-order valence-electron chi connectivity index (χ1n) is 6.79. The Labute approximate surface area is 130 Å². The van der Waals surface area contributed by atoms with E-state index >= 15 is 0 Å². The summed E-state index contributed by atoms with van der Waals surface area (Å²) in [5, 5.41) is 15.1. The molecule has 21 heavy (non-hydrogen) atoms. The first-order valence-corrected chi connectivity index (χ1v) is 7.17. The molecular formula is C15H23ClN2O3. The molecule has 5 nitrogen and oxygen atoms in total. The van der Waals surface area contributed by atoms with Crippen LogP contribution in [0.5, 0.6) is 5.75 Å². The summed E-state index contributed by atoms with van der Waals surface area (Å²) in [5.74, 6) is 0.510. The molecule has 1 aromatic rings. The number of hydrogen-bond donors (Lipinski definition) is 3. The van der Waals surface area contributed by atoms with Gasteiger partial charge in [-0.2, -0.15) is 0 Å². The van der Waals surface area contributed by atoms with Gasteiger partial charge >= 0.3 is 6.03 Å². The van der Waals surface area contributed by atoms with Gasteiger partial charge in [0.05, 0.1) is 12.8 Å². The van der Waals surface area contributed by atoms with E-state index in [1.54, 1.807) is 12.1 Å². The number of benzene rings is 1. The van der Waals surface area contributed by atoms with Gasteiger partial charge < -0.3 is 20.5 Å². The summed E-state index contributed by atoms with van der Waals surface area (Å²) in [6.45, 7) is 6.39. The van der Waals surface area contributed by atoms with Crippen molar-refractivity contribution in [1.82, 2.24) is 5.32 Å². The van der Waals surface area contributed by atoms with E-state index in [-0.39, 0.29) is 18.1 Å². The fourth-order valence-corrected chi connectivity index (χ4v) is 1.96. The molecule has 0 aliphatic carbocycles. The topological polar surface area (TPSA) is 70.6 Å². The minimum Gasteiger partial charge on any atom is -0.495 e. The van der Waals surface area contributed by atoms with Crippen LogP contribution in [0, 0.1) is 12.3 Å². The molecule has 0 heterocycles. The summed E-state index contributed by atoms with van der Waals surface area (Å²) < 4.78 is 5.21. The Hall–Kier alpha value is -1.46. The molecule has 0 fully saturated rings. The highest BCUT2D eigenvalue weighted by molar-refractivity contribution is 6.31. The van der Waals surface area contributed by atoms with E-state index < -0.39 is 0 Å². The maximum absolute atomic E-state index is 12.0. The average Bonchev–Trinajstić information content (AvgIpc) is 2.40. The third-order valence-corrected chi connectivity index (χ3v) is 3.65. The third-order valence-electron chi connectivity index (χ3n) is 3.25. The van der Waals surface area contributed by atoms with Gasteiger partial charge in [-0.05, 0) is 30.4 Å². The maximum Gasteiger partial charge on any atom is 0.319 e. The number of hydrogen-bond acceptors (Lipinski definition) is 3. The number of halogens is 1. The smallest absolute Gasteiger partial charge is 0.319 e. The van der Waals surface area contributed by atoms with Gasteiger partial charge in [-0.25, -0.2) is 4.79 Å². The lowest BCUT2D eigenvalue weighted by Crippen LogP contribution is -2.37. The number of aryl methyl sites for hydroxylation is 1. The van der Waals surface area contributed by atoms with Gasteiger partial charge in [-0.15, -0.1) is 0 Å². The zero-order valence-electron chi connectivity index (χ0n) is 12.9. The number of methoxy groups -OCH3 is 1. The normalized spacial score (nSPS) is 11.1. The van der Waals surface area contributed by atoms with E-state index in [9.17, 15) is 4.79 Å². The van der Waals surface area contributed by atoms with Crippen LogP contribution in [0.15, 0.2) is 12.1 Å². The van der Waals surface area contributed by atoms with Crippen LogP contribution in [0.2, 0.25) is 5.02 Å². The van der Waals surface area contributed by atoms with Crippen LogP contribution in [-0.4, -0.2) is 31.4 Å². The van der Waals surface area contributed by atoms with E-state index in [2.05, 4.69) is 10.6 Å². The molecule has 0 bridgehead atoms. The highest BCUT2D eigenvalue weighted by atomic mass is 35.5. The van der Waals surface area contributed by atoms with Crippen molar-refractivity contribution < 1.29 is 14.6 Å². The maximum atomic E-state index is 12.0. The summed E-state index contributed by atoms with van der Waals surface area (Å²) in [4.78, 5) is 12.0. The Morgan fingerprint density at radius 1 is 1.43 bits per heavy atom. The molecule has 1 aromatic carbocycles. The molecule has 3 N–H and O–H groups in total. The van der Waals surface area contributed by atoms with E-state index in [0.29, 0.717) is 29.4 Å². The highest BCUT2D eigenvalue weighted by Gasteiger charge is 2.18. The molecule has 118 valence electrons. The second-order valence-electron chi connectivity index (χ2n) is 5.75. The van der Waals surface area contributed by atoms with Crippen LogP contribution in [0.3, 0.4) is 0 Å². The van der Waals surface area contributed by atoms with Crippen LogP contribution >= 0.6 is 11.6 Å². The minimum absolute atomic E-state index is 0.0977. The van der Waals surface area contributed by atoms with Crippen LogP contribution < -0.4 is 15.4 Å². The van der Waals surface area contributed by atoms with Gasteiger partial charge in [-0.1, -0.05) is 25.4 Å². The zero-order valence-corrected chi connectivity index (χ0v) is 13.7. The quantitative estimate of drug-likeness (QED) is 0.755. The van der Waals surface area contributed by atoms with E-state index in [1.165, 1.54) is 7.11 Å². The number of carbonyl (C=O) groups excluding carboxylic acids is 1. The number of aliphatic hydroxyl groups excluding tert-OH is 1. The predicted molar refractivity (Wildman–Crippen MR) is 85.2 cm³/mol. The molecule has 0 aliphatic heterocycles. The van der Waals surface area contributed by atoms with Gasteiger partial charge in [0.1, 0.15) is 5.75 Å². The second kappa shape index (κ2) is 7.52. The fraction of sp³-hybridized carbons (Fsp3) is 0.533. The van der Waals surface area contributed by atoms with Crippen LogP contribution in [0.1, 0.15) is 25.8 Å². The van der Waals surface area contributed by atoms with Crippen molar-refractivity contribution in [1.29, 1.82) is 0 Å². The predicted octanol–water partition coefficient (Wildman–Crippen LogP) is 3.19. The lowest BCUT2D eigenvalue weighted by molar-refractivity contribution is 0.204. The SMILES string of the molecule is COc1cc(Cl)c(C)cc1NC(=O)NCC(C)(C)CCO. The van der Waals surface area contributed by atoms with E-state index in [4.69, 9.17) is 21.4 Å². The number of ether oxygens (including phenoxy) is 1. The molecule has 0 unspecified atom stereocenters. The lowest BCUT2D eigenvalue weighted by Gasteiger charge is -2.24. The summed E-state index contributed by atoms with van der Waals surface area (Å²) in [5.41, 5.74) is 1.26. The van der Waals surface area contributed by atoms with Gasteiger partial charge in [0.15, 0.2) is 0 Å². The van der Waals surface area contributed by atoms with Crippen molar-refractivity contribution in [2.24, 2.45) is 5.41 Å². The van der Waals surface area contributed by atoms with Crippen molar-refractivity contribution in [3.8, 4) is 5.75 Å². The Kier molecular flexibility index (Phi) is 6.30. The number of urea groups is 1. The molecule has 0 saturated heterocycles. The van der Waals surface area contributed by atoms with Crippen LogP contribution in [0.4, 0.5) is 10.5 Å². The second-order valence-corrected chi connectivity index (χ2v) is 6.15. The van der Waals surface area contributed by atoms with Crippen molar-refractivity contribution in [3.63, 3.8) is 0 Å². The molecule has 0 radical (unpaired) electrons. The molecule has 0 spiro atoms. The number of amides is 2. The van der Waals surface area contributed by atoms with Crippen LogP contribution in [-0.2, 0) is 0 Å². The summed E-state index contributed by atoms with van der Waals surface area (Å²) >= 11 is 6.02. The fourth-order valence-electron chi connectivity index (χ4n) is 1.81. The van der Waals surface area contributed by atoms with Crippen molar-refractivity contribution >= 4 is 23.3 Å². The third kappa shape index (κ3) is 5.44. The molecule has 0 aromatic heterocycles. The summed E-state index contributed by atoms with van der Waals surface area (Å²) in [6.07, 6.45) is 0.622. The highest BCUT2D eigenvalue weighted by Crippen LogP contribution is 2.30. The first-order chi connectivity index (χ1) is 9.79. The standard InChI is InChI=1S/C15H23ClN2O3/c1-10-7-12(13(21-4)8-11(10)16)18-14(20)17-9-15(2,3)5-6-19/h7-8,19H,5-6,9H2,1-4H3,(H2,17,18,20). The molecule has 2 amide bonds. The zero-order chi connectivity index (χ0) is 16.0. The molecule has 0 saturated carbocycles. The van der Waals surface area contributed by atoms with E-state index in [1.807, 2.05) is 20.8 Å². The summed E-state index contributed by atoms with van der Waals surface area (Å²) in [7, 11) is 1.52. The van der Waals surface area contributed by atoms with Gasteiger partial charge in [0.2, 0.25) is 0 Å². The number of carbonyl (C=O) groups is 1. The van der Waals surface area contributed by atoms with Crippen molar-refractivity contribution in [2.45, 2.75) is 27.2 Å². The molecule has 0 aliphatic rings.